The zero-order valence-electron chi connectivity index (χ0n) is 10.4. The molecule has 1 aromatic carbocycles. The molecule has 0 amide bonds. The zero-order valence-corrected chi connectivity index (χ0v) is 10.4. The molecule has 0 radical (unpaired) electrons. The van der Waals surface area contributed by atoms with Crippen LogP contribution in [0.2, 0.25) is 0 Å². The van der Waals surface area contributed by atoms with Gasteiger partial charge in [-0.1, -0.05) is 12.1 Å². The van der Waals surface area contributed by atoms with Gasteiger partial charge in [0.15, 0.2) is 11.6 Å². The summed E-state index contributed by atoms with van der Waals surface area (Å²) in [4.78, 5) is 0. The van der Waals surface area contributed by atoms with E-state index in [1.165, 1.54) is 0 Å². The summed E-state index contributed by atoms with van der Waals surface area (Å²) in [5.41, 5.74) is 8.45. The highest BCUT2D eigenvalue weighted by Gasteiger charge is 2.16. The number of nitrogens with two attached hydrogens (primary N) is 1. The van der Waals surface area contributed by atoms with Crippen LogP contribution in [0.3, 0.4) is 0 Å². The zero-order chi connectivity index (χ0) is 13.2. The van der Waals surface area contributed by atoms with E-state index in [-0.39, 0.29) is 0 Å². The highest BCUT2D eigenvalue weighted by molar-refractivity contribution is 5.86. The van der Waals surface area contributed by atoms with Gasteiger partial charge in [-0.15, -0.1) is 0 Å². The number of nitrogens with one attached hydrogen (secondary N) is 1. The van der Waals surface area contributed by atoms with E-state index >= 15 is 0 Å². The molecule has 96 valence electrons. The highest BCUT2D eigenvalue weighted by atomic mass is 16.5. The van der Waals surface area contributed by atoms with Gasteiger partial charge in [-0.25, -0.2) is 0 Å². The minimum atomic E-state index is 0.430. The van der Waals surface area contributed by atoms with Crippen LogP contribution in [-0.2, 0) is 0 Å². The first-order valence-electron chi connectivity index (χ1n) is 5.81. The number of aromatic amines is 1. The minimum absolute atomic E-state index is 0.430. The summed E-state index contributed by atoms with van der Waals surface area (Å²) < 4.78 is 10.6. The van der Waals surface area contributed by atoms with Gasteiger partial charge in [0, 0.05) is 0 Å². The molecule has 5 heteroatoms. The van der Waals surface area contributed by atoms with Gasteiger partial charge in [0.2, 0.25) is 0 Å². The summed E-state index contributed by atoms with van der Waals surface area (Å²) in [6.07, 6.45) is 1.61. The maximum absolute atomic E-state index is 5.95. The molecule has 2 heterocycles. The number of aromatic nitrogens is 2. The van der Waals surface area contributed by atoms with Crippen LogP contribution in [-0.4, -0.2) is 17.3 Å². The molecule has 0 saturated heterocycles. The number of hydrogen-bond donors (Lipinski definition) is 2. The van der Waals surface area contributed by atoms with E-state index in [1.54, 1.807) is 13.4 Å². The number of hydrogen-bond acceptors (Lipinski definition) is 4. The number of methoxy groups -OCH3 is 1. The fourth-order valence-electron chi connectivity index (χ4n) is 2.03. The van der Waals surface area contributed by atoms with Crippen molar-refractivity contribution in [1.29, 1.82) is 0 Å². The molecule has 0 saturated carbocycles. The molecule has 0 aliphatic carbocycles. The third kappa shape index (κ3) is 1.95. The highest BCUT2D eigenvalue weighted by Crippen LogP contribution is 2.35. The van der Waals surface area contributed by atoms with Gasteiger partial charge in [0.25, 0.3) is 0 Å². The maximum Gasteiger partial charge on any atom is 0.153 e. The molecule has 0 atom stereocenters. The predicted octanol–water partition coefficient (Wildman–Crippen LogP) is 2.93. The van der Waals surface area contributed by atoms with Gasteiger partial charge in [-0.3, -0.25) is 5.10 Å². The molecular weight excluding hydrogens is 242 g/mol. The Morgan fingerprint density at radius 1 is 1.26 bits per heavy atom. The molecule has 19 heavy (non-hydrogen) atoms. The number of rotatable bonds is 3. The van der Waals surface area contributed by atoms with Gasteiger partial charge >= 0.3 is 0 Å². The smallest absolute Gasteiger partial charge is 0.153 e. The van der Waals surface area contributed by atoms with Crippen LogP contribution in [0.25, 0.3) is 22.6 Å². The molecule has 0 unspecified atom stereocenters. The van der Waals surface area contributed by atoms with Gasteiger partial charge in [-0.2, -0.15) is 5.10 Å². The van der Waals surface area contributed by atoms with Gasteiger partial charge in [0.1, 0.15) is 11.4 Å². The van der Waals surface area contributed by atoms with Crippen LogP contribution in [0, 0.1) is 0 Å². The average Bonchev–Trinajstić information content (AvgIpc) is 3.07. The number of H-pyrrole nitrogens is 1. The SMILES string of the molecule is COc1cccc(-c2c(N)n[nH]c2-c2ccco2)c1. The fourth-order valence-corrected chi connectivity index (χ4v) is 2.03. The largest absolute Gasteiger partial charge is 0.497 e. The van der Waals surface area contributed by atoms with Crippen molar-refractivity contribution in [2.45, 2.75) is 0 Å². The number of ether oxygens (including phenoxy) is 1. The molecular formula is C14H13N3O2. The Hall–Kier alpha value is -2.69. The first kappa shape index (κ1) is 11.4. The third-order valence-electron chi connectivity index (χ3n) is 2.92. The Balaban J connectivity index is 2.16. The van der Waals surface area contributed by atoms with Crippen LogP contribution >= 0.6 is 0 Å². The molecule has 2 aromatic heterocycles. The lowest BCUT2D eigenvalue weighted by Gasteiger charge is -2.05. The topological polar surface area (TPSA) is 77.1 Å². The maximum atomic E-state index is 5.95. The first-order chi connectivity index (χ1) is 9.29. The van der Waals surface area contributed by atoms with Crippen LogP contribution < -0.4 is 10.5 Å². The predicted molar refractivity (Wildman–Crippen MR) is 72.7 cm³/mol. The van der Waals surface area contributed by atoms with Crippen molar-refractivity contribution in [3.63, 3.8) is 0 Å². The number of benzene rings is 1. The van der Waals surface area contributed by atoms with E-state index in [1.807, 2.05) is 36.4 Å². The lowest BCUT2D eigenvalue weighted by atomic mass is 10.0. The van der Waals surface area contributed by atoms with Crippen LogP contribution in [0.15, 0.2) is 47.1 Å². The van der Waals surface area contributed by atoms with E-state index in [0.29, 0.717) is 11.6 Å². The number of nitrogen functional groups attached to an aromatic ring is 1. The molecule has 0 bridgehead atoms. The van der Waals surface area contributed by atoms with E-state index in [4.69, 9.17) is 14.9 Å². The molecule has 0 spiro atoms. The van der Waals surface area contributed by atoms with Gasteiger partial charge in [0.05, 0.1) is 18.9 Å². The monoisotopic (exact) mass is 255 g/mol. The van der Waals surface area contributed by atoms with E-state index in [0.717, 1.165) is 22.6 Å². The van der Waals surface area contributed by atoms with Crippen molar-refractivity contribution < 1.29 is 9.15 Å². The summed E-state index contributed by atoms with van der Waals surface area (Å²) in [5.74, 6) is 1.89. The Bertz CT molecular complexity index is 687. The number of furan rings is 1. The normalized spacial score (nSPS) is 10.6. The van der Waals surface area contributed by atoms with E-state index in [2.05, 4.69) is 10.2 Å². The second kappa shape index (κ2) is 4.53. The summed E-state index contributed by atoms with van der Waals surface area (Å²) >= 11 is 0. The van der Waals surface area contributed by atoms with Crippen molar-refractivity contribution >= 4 is 5.82 Å². The quantitative estimate of drug-likeness (QED) is 0.754. The molecule has 0 aliphatic rings. The second-order valence-electron chi connectivity index (χ2n) is 4.07. The Morgan fingerprint density at radius 2 is 2.16 bits per heavy atom. The van der Waals surface area contributed by atoms with E-state index in [9.17, 15) is 0 Å². The molecule has 0 aliphatic heterocycles. The Labute approximate surface area is 110 Å². The Morgan fingerprint density at radius 3 is 2.89 bits per heavy atom. The van der Waals surface area contributed by atoms with Crippen molar-refractivity contribution in [2.24, 2.45) is 0 Å². The standard InChI is InChI=1S/C14H13N3O2/c1-18-10-5-2-4-9(8-10)12-13(16-17-14(12)15)11-6-3-7-19-11/h2-8H,1H3,(H3,15,16,17). The average molecular weight is 255 g/mol. The van der Waals surface area contributed by atoms with Crippen LogP contribution in [0.5, 0.6) is 5.75 Å². The lowest BCUT2D eigenvalue weighted by molar-refractivity contribution is 0.415. The lowest BCUT2D eigenvalue weighted by Crippen LogP contribution is -1.89. The third-order valence-corrected chi connectivity index (χ3v) is 2.92. The van der Waals surface area contributed by atoms with Crippen molar-refractivity contribution in [2.75, 3.05) is 12.8 Å². The van der Waals surface area contributed by atoms with Gasteiger partial charge < -0.3 is 14.9 Å². The van der Waals surface area contributed by atoms with Crippen molar-refractivity contribution in [3.8, 4) is 28.3 Å². The Kier molecular flexibility index (Phi) is 2.72. The van der Waals surface area contributed by atoms with Gasteiger partial charge in [-0.05, 0) is 29.8 Å². The number of nitrogens with zero attached hydrogens (tertiary/aromatic N) is 1. The summed E-state index contributed by atoms with van der Waals surface area (Å²) in [6, 6.07) is 11.3. The summed E-state index contributed by atoms with van der Waals surface area (Å²) in [5, 5.41) is 6.96. The first-order valence-corrected chi connectivity index (χ1v) is 5.81. The molecule has 3 N–H and O–H groups in total. The molecule has 0 fully saturated rings. The second-order valence-corrected chi connectivity index (χ2v) is 4.07. The van der Waals surface area contributed by atoms with Crippen LogP contribution in [0.4, 0.5) is 5.82 Å². The van der Waals surface area contributed by atoms with Crippen LogP contribution in [0.1, 0.15) is 0 Å². The molecule has 3 rings (SSSR count). The minimum Gasteiger partial charge on any atom is -0.497 e. The molecule has 3 aromatic rings. The summed E-state index contributed by atoms with van der Waals surface area (Å²) in [6.45, 7) is 0. The van der Waals surface area contributed by atoms with Crippen molar-refractivity contribution in [1.82, 2.24) is 10.2 Å². The fraction of sp³-hybridized carbons (Fsp3) is 0.0714. The molecule has 5 nitrogen and oxygen atoms in total. The van der Waals surface area contributed by atoms with E-state index < -0.39 is 0 Å². The number of anilines is 1. The van der Waals surface area contributed by atoms with Crippen molar-refractivity contribution in [3.05, 3.63) is 42.7 Å². The summed E-state index contributed by atoms with van der Waals surface area (Å²) in [7, 11) is 1.63.